The lowest BCUT2D eigenvalue weighted by molar-refractivity contribution is -0.134. The molecule has 0 spiro atoms. The fourth-order valence-electron chi connectivity index (χ4n) is 3.26. The Morgan fingerprint density at radius 1 is 1.15 bits per heavy atom. The van der Waals surface area contributed by atoms with Gasteiger partial charge in [0.25, 0.3) is 0 Å². The molecule has 1 aliphatic heterocycles. The molecular formula is C21H25N3O3. The molecule has 1 N–H and O–H groups in total. The molecule has 2 heterocycles. The summed E-state index contributed by atoms with van der Waals surface area (Å²) in [6.45, 7) is 1.25. The van der Waals surface area contributed by atoms with E-state index < -0.39 is 0 Å². The summed E-state index contributed by atoms with van der Waals surface area (Å²) in [6, 6.07) is 13.2. The first-order valence-corrected chi connectivity index (χ1v) is 9.28. The van der Waals surface area contributed by atoms with E-state index in [-0.39, 0.29) is 17.7 Å². The number of anilines is 1. The van der Waals surface area contributed by atoms with E-state index in [0.717, 1.165) is 11.3 Å². The highest BCUT2D eigenvalue weighted by atomic mass is 16.5. The van der Waals surface area contributed by atoms with E-state index in [2.05, 4.69) is 10.3 Å². The Bertz CT molecular complexity index is 754. The van der Waals surface area contributed by atoms with E-state index in [9.17, 15) is 9.59 Å². The van der Waals surface area contributed by atoms with Crippen LogP contribution in [0.5, 0.6) is 5.75 Å². The number of aromatic nitrogens is 1. The molecule has 0 unspecified atom stereocenters. The molecule has 0 saturated carbocycles. The van der Waals surface area contributed by atoms with Gasteiger partial charge in [-0.2, -0.15) is 0 Å². The molecule has 0 aliphatic carbocycles. The third-order valence-corrected chi connectivity index (χ3v) is 4.92. The molecule has 0 atom stereocenters. The molecule has 3 rings (SSSR count). The van der Waals surface area contributed by atoms with E-state index in [0.29, 0.717) is 44.6 Å². The lowest BCUT2D eigenvalue weighted by Gasteiger charge is -2.31. The Kier molecular flexibility index (Phi) is 6.41. The van der Waals surface area contributed by atoms with E-state index in [1.165, 1.54) is 0 Å². The molecule has 2 aromatic rings. The van der Waals surface area contributed by atoms with Crippen LogP contribution in [0, 0.1) is 5.92 Å². The van der Waals surface area contributed by atoms with Crippen molar-refractivity contribution < 1.29 is 14.3 Å². The number of ether oxygens (including phenoxy) is 1. The monoisotopic (exact) mass is 367 g/mol. The average molecular weight is 367 g/mol. The zero-order chi connectivity index (χ0) is 19.1. The quantitative estimate of drug-likeness (QED) is 0.852. The van der Waals surface area contributed by atoms with Crippen molar-refractivity contribution in [3.8, 4) is 5.75 Å². The number of rotatable bonds is 6. The second kappa shape index (κ2) is 9.16. The number of nitrogens with one attached hydrogen (secondary N) is 1. The van der Waals surface area contributed by atoms with Gasteiger partial charge in [0.05, 0.1) is 7.11 Å². The van der Waals surface area contributed by atoms with E-state index >= 15 is 0 Å². The second-order valence-electron chi connectivity index (χ2n) is 6.71. The van der Waals surface area contributed by atoms with Crippen molar-refractivity contribution in [3.05, 3.63) is 54.2 Å². The largest absolute Gasteiger partial charge is 0.497 e. The number of nitrogens with zero attached hydrogens (tertiary/aromatic N) is 2. The van der Waals surface area contributed by atoms with Gasteiger partial charge in [-0.05, 0) is 49.1 Å². The number of hydrogen-bond acceptors (Lipinski definition) is 4. The van der Waals surface area contributed by atoms with Crippen LogP contribution < -0.4 is 10.1 Å². The number of carbonyl (C=O) groups is 2. The zero-order valence-corrected chi connectivity index (χ0v) is 15.6. The van der Waals surface area contributed by atoms with Gasteiger partial charge in [0.2, 0.25) is 11.8 Å². The molecule has 6 nitrogen and oxygen atoms in total. The van der Waals surface area contributed by atoms with Crippen LogP contribution in [0.25, 0.3) is 0 Å². The van der Waals surface area contributed by atoms with Crippen LogP contribution in [-0.4, -0.2) is 41.9 Å². The molecule has 27 heavy (non-hydrogen) atoms. The maximum atomic E-state index is 12.5. The Morgan fingerprint density at radius 3 is 2.52 bits per heavy atom. The lowest BCUT2D eigenvalue weighted by Crippen LogP contribution is -2.41. The second-order valence-corrected chi connectivity index (χ2v) is 6.71. The summed E-state index contributed by atoms with van der Waals surface area (Å²) < 4.78 is 5.14. The van der Waals surface area contributed by atoms with Crippen LogP contribution in [0.1, 0.15) is 24.8 Å². The molecule has 142 valence electrons. The van der Waals surface area contributed by atoms with Gasteiger partial charge in [0, 0.05) is 31.6 Å². The predicted octanol–water partition coefficient (Wildman–Crippen LogP) is 2.90. The molecule has 0 bridgehead atoms. The smallest absolute Gasteiger partial charge is 0.228 e. The zero-order valence-electron chi connectivity index (χ0n) is 15.6. The van der Waals surface area contributed by atoms with Crippen LogP contribution in [0.3, 0.4) is 0 Å². The fourth-order valence-corrected chi connectivity index (χ4v) is 3.26. The summed E-state index contributed by atoms with van der Waals surface area (Å²) in [5.41, 5.74) is 1.12. The maximum Gasteiger partial charge on any atom is 0.228 e. The number of likely N-dealkylation sites (tertiary alicyclic amines) is 1. The van der Waals surface area contributed by atoms with E-state index in [1.54, 1.807) is 19.4 Å². The summed E-state index contributed by atoms with van der Waals surface area (Å²) in [5, 5.41) is 2.85. The molecule has 1 saturated heterocycles. The number of hydrogen-bond donors (Lipinski definition) is 1. The molecule has 1 aromatic heterocycles. The molecule has 6 heteroatoms. The number of piperidine rings is 1. The van der Waals surface area contributed by atoms with Gasteiger partial charge in [0.1, 0.15) is 11.6 Å². The Morgan fingerprint density at radius 2 is 1.89 bits per heavy atom. The number of methoxy groups -OCH3 is 1. The van der Waals surface area contributed by atoms with Gasteiger partial charge >= 0.3 is 0 Å². The van der Waals surface area contributed by atoms with E-state index in [1.807, 2.05) is 41.3 Å². The van der Waals surface area contributed by atoms with Gasteiger partial charge in [-0.15, -0.1) is 0 Å². The summed E-state index contributed by atoms with van der Waals surface area (Å²) in [4.78, 5) is 30.8. The van der Waals surface area contributed by atoms with Crippen molar-refractivity contribution >= 4 is 17.6 Å². The molecule has 1 aromatic carbocycles. The molecule has 2 amide bonds. The molecule has 1 fully saturated rings. The lowest BCUT2D eigenvalue weighted by atomic mass is 9.95. The summed E-state index contributed by atoms with van der Waals surface area (Å²) in [5.74, 6) is 1.45. The van der Waals surface area contributed by atoms with Crippen LogP contribution in [0.15, 0.2) is 48.7 Å². The molecule has 0 radical (unpaired) electrons. The van der Waals surface area contributed by atoms with Crippen molar-refractivity contribution in [1.82, 2.24) is 9.88 Å². The first kappa shape index (κ1) is 18.9. The van der Waals surface area contributed by atoms with Gasteiger partial charge < -0.3 is 15.0 Å². The minimum atomic E-state index is -0.0716. The normalized spacial score (nSPS) is 14.6. The van der Waals surface area contributed by atoms with Crippen molar-refractivity contribution in [1.29, 1.82) is 0 Å². The highest BCUT2D eigenvalue weighted by molar-refractivity contribution is 5.91. The molecule has 1 aliphatic rings. The highest BCUT2D eigenvalue weighted by Gasteiger charge is 2.27. The van der Waals surface area contributed by atoms with Crippen LogP contribution in [0.4, 0.5) is 5.82 Å². The highest BCUT2D eigenvalue weighted by Crippen LogP contribution is 2.20. The minimum Gasteiger partial charge on any atom is -0.497 e. The summed E-state index contributed by atoms with van der Waals surface area (Å²) in [6.07, 6.45) is 4.22. The van der Waals surface area contributed by atoms with Crippen molar-refractivity contribution in [2.75, 3.05) is 25.5 Å². The SMILES string of the molecule is COc1ccc(CCC(=O)N2CCC(C(=O)Nc3ccccn3)CC2)cc1. The first-order valence-electron chi connectivity index (χ1n) is 9.28. The molecular weight excluding hydrogens is 342 g/mol. The van der Waals surface area contributed by atoms with Gasteiger partial charge in [-0.3, -0.25) is 9.59 Å². The Hall–Kier alpha value is -2.89. The van der Waals surface area contributed by atoms with Crippen molar-refractivity contribution in [2.45, 2.75) is 25.7 Å². The topological polar surface area (TPSA) is 71.5 Å². The van der Waals surface area contributed by atoms with Crippen LogP contribution in [0.2, 0.25) is 0 Å². The Labute approximate surface area is 159 Å². The number of benzene rings is 1. The third kappa shape index (κ3) is 5.29. The van der Waals surface area contributed by atoms with Crippen molar-refractivity contribution in [3.63, 3.8) is 0 Å². The van der Waals surface area contributed by atoms with Crippen LogP contribution >= 0.6 is 0 Å². The number of aryl methyl sites for hydroxylation is 1. The van der Waals surface area contributed by atoms with Crippen molar-refractivity contribution in [2.24, 2.45) is 5.92 Å². The van der Waals surface area contributed by atoms with Crippen LogP contribution in [-0.2, 0) is 16.0 Å². The van der Waals surface area contributed by atoms with E-state index in [4.69, 9.17) is 4.74 Å². The summed E-state index contributed by atoms with van der Waals surface area (Å²) >= 11 is 0. The summed E-state index contributed by atoms with van der Waals surface area (Å²) in [7, 11) is 1.64. The third-order valence-electron chi connectivity index (χ3n) is 4.92. The number of amides is 2. The fraction of sp³-hybridized carbons (Fsp3) is 0.381. The minimum absolute atomic E-state index is 0.0148. The number of carbonyl (C=O) groups excluding carboxylic acids is 2. The average Bonchev–Trinajstić information content (AvgIpc) is 2.73. The van der Waals surface area contributed by atoms with Gasteiger partial charge in [0.15, 0.2) is 0 Å². The predicted molar refractivity (Wildman–Crippen MR) is 103 cm³/mol. The first-order chi connectivity index (χ1) is 13.2. The standard InChI is InChI=1S/C21H25N3O3/c1-27-18-8-5-16(6-9-18)7-10-20(25)24-14-11-17(12-15-24)21(26)23-19-4-2-3-13-22-19/h2-6,8-9,13,17H,7,10-12,14-15H2,1H3,(H,22,23,26). The number of pyridine rings is 1. The van der Waals surface area contributed by atoms with Gasteiger partial charge in [-0.1, -0.05) is 18.2 Å². The van der Waals surface area contributed by atoms with Gasteiger partial charge in [-0.25, -0.2) is 4.98 Å². The maximum absolute atomic E-state index is 12.5. The Balaban J connectivity index is 1.42.